The third kappa shape index (κ3) is 5.43. The minimum Gasteiger partial charge on any atom is -0.478 e. The molecule has 0 aliphatic rings. The Kier molecular flexibility index (Phi) is 7.72. The number of carbonyl (C=O) groups excluding carboxylic acids is 1. The lowest BCUT2D eigenvalue weighted by molar-refractivity contribution is 0.0681. The van der Waals surface area contributed by atoms with Gasteiger partial charge in [0.15, 0.2) is 0 Å². The Morgan fingerprint density at radius 2 is 1.60 bits per heavy atom. The van der Waals surface area contributed by atoms with Gasteiger partial charge in [-0.25, -0.2) is 13.6 Å². The molecule has 0 fully saturated rings. The van der Waals surface area contributed by atoms with Gasteiger partial charge in [0.2, 0.25) is 0 Å². The van der Waals surface area contributed by atoms with Crippen LogP contribution in [-0.4, -0.2) is 22.0 Å². The van der Waals surface area contributed by atoms with Gasteiger partial charge in [0.05, 0.1) is 5.52 Å². The van der Waals surface area contributed by atoms with E-state index in [9.17, 15) is 23.5 Å². The lowest BCUT2D eigenvalue weighted by Crippen LogP contribution is -2.12. The lowest BCUT2D eigenvalue weighted by Gasteiger charge is -2.21. The predicted octanol–water partition coefficient (Wildman–Crippen LogP) is 8.82. The number of ether oxygens (including phenoxy) is 1. The van der Waals surface area contributed by atoms with Crippen molar-refractivity contribution in [1.82, 2.24) is 4.98 Å². The molecule has 1 aromatic heterocycles. The molecule has 212 valence electrons. The van der Waals surface area contributed by atoms with Crippen LogP contribution in [0.1, 0.15) is 55.0 Å². The molecule has 5 aromatic rings. The third-order valence-electron chi connectivity index (χ3n) is 7.17. The smallest absolute Gasteiger partial charge is 0.340 e. The molecule has 1 heterocycles. The van der Waals surface area contributed by atoms with Gasteiger partial charge in [-0.15, -0.1) is 0 Å². The first kappa shape index (κ1) is 28.4. The van der Waals surface area contributed by atoms with Crippen molar-refractivity contribution < 1.29 is 28.2 Å². The van der Waals surface area contributed by atoms with Crippen LogP contribution >= 0.6 is 0 Å². The van der Waals surface area contributed by atoms with Gasteiger partial charge in [-0.2, -0.15) is 0 Å². The van der Waals surface area contributed by atoms with Gasteiger partial charge in [0.1, 0.15) is 17.1 Å². The number of nitrogens with one attached hydrogen (secondary N) is 1. The fourth-order valence-corrected chi connectivity index (χ4v) is 5.10. The van der Waals surface area contributed by atoms with Crippen LogP contribution in [0.4, 0.5) is 14.5 Å². The van der Waals surface area contributed by atoms with Crippen LogP contribution in [0.3, 0.4) is 0 Å². The Labute approximate surface area is 241 Å². The molecule has 5 rings (SSSR count). The van der Waals surface area contributed by atoms with Gasteiger partial charge < -0.3 is 15.2 Å². The first-order valence-corrected chi connectivity index (χ1v) is 13.2. The monoisotopic (exact) mass is 566 g/mol. The molecular formula is C34H28F2N2O4. The number of hydrogen-bond acceptors (Lipinski definition) is 4. The van der Waals surface area contributed by atoms with E-state index in [1.54, 1.807) is 56.3 Å². The second-order valence-electron chi connectivity index (χ2n) is 10.2. The summed E-state index contributed by atoms with van der Waals surface area (Å²) in [5.41, 5.74) is 3.94. The number of para-hydroxylation sites is 1. The number of halogens is 2. The summed E-state index contributed by atoms with van der Waals surface area (Å²) in [6.45, 7) is 7.18. The number of aryl methyl sites for hydroxylation is 4. The van der Waals surface area contributed by atoms with Crippen molar-refractivity contribution in [2.75, 3.05) is 5.32 Å². The normalized spacial score (nSPS) is 11.1. The molecule has 0 unspecified atom stereocenters. The summed E-state index contributed by atoms with van der Waals surface area (Å²) in [6, 6.07) is 20.5. The zero-order chi connectivity index (χ0) is 30.1. The van der Waals surface area contributed by atoms with E-state index in [4.69, 9.17) is 4.74 Å². The van der Waals surface area contributed by atoms with Crippen molar-refractivity contribution in [3.63, 3.8) is 0 Å². The van der Waals surface area contributed by atoms with Gasteiger partial charge in [0.25, 0.3) is 12.3 Å². The Bertz CT molecular complexity index is 1850. The maximum Gasteiger partial charge on any atom is 0.340 e. The highest BCUT2D eigenvalue weighted by Gasteiger charge is 2.30. The van der Waals surface area contributed by atoms with Gasteiger partial charge in [-0.3, -0.25) is 9.78 Å². The van der Waals surface area contributed by atoms with Crippen LogP contribution in [0.15, 0.2) is 79.0 Å². The van der Waals surface area contributed by atoms with Crippen molar-refractivity contribution in [3.8, 4) is 22.6 Å². The van der Waals surface area contributed by atoms with E-state index in [1.807, 2.05) is 38.1 Å². The second kappa shape index (κ2) is 11.4. The number of pyridine rings is 1. The number of hydrogen-bond donors (Lipinski definition) is 2. The summed E-state index contributed by atoms with van der Waals surface area (Å²) in [4.78, 5) is 29.5. The molecule has 0 atom stereocenters. The van der Waals surface area contributed by atoms with Crippen LogP contribution in [0.2, 0.25) is 0 Å². The average molecular weight is 567 g/mol. The number of amides is 1. The van der Waals surface area contributed by atoms with E-state index in [1.165, 1.54) is 12.3 Å². The lowest BCUT2D eigenvalue weighted by atomic mass is 9.88. The molecule has 2 N–H and O–H groups in total. The van der Waals surface area contributed by atoms with Crippen LogP contribution in [0.5, 0.6) is 11.5 Å². The number of benzene rings is 4. The Balaban J connectivity index is 1.55. The first-order valence-electron chi connectivity index (χ1n) is 13.2. The third-order valence-corrected chi connectivity index (χ3v) is 7.17. The van der Waals surface area contributed by atoms with Crippen molar-refractivity contribution in [2.24, 2.45) is 0 Å². The van der Waals surface area contributed by atoms with Gasteiger partial charge in [-0.05, 0) is 98.0 Å². The van der Waals surface area contributed by atoms with Crippen LogP contribution in [0, 0.1) is 27.7 Å². The van der Waals surface area contributed by atoms with Crippen molar-refractivity contribution in [1.29, 1.82) is 0 Å². The number of aromatic nitrogens is 1. The summed E-state index contributed by atoms with van der Waals surface area (Å²) >= 11 is 0. The molecule has 4 aromatic carbocycles. The molecule has 0 aliphatic heterocycles. The summed E-state index contributed by atoms with van der Waals surface area (Å²) in [5.74, 6) is -1.75. The highest BCUT2D eigenvalue weighted by Crippen LogP contribution is 2.44. The van der Waals surface area contributed by atoms with E-state index in [-0.39, 0.29) is 23.0 Å². The quantitative estimate of drug-likeness (QED) is 0.206. The summed E-state index contributed by atoms with van der Waals surface area (Å²) in [5, 5.41) is 13.6. The number of alkyl halides is 2. The fraction of sp³-hybridized carbons (Fsp3) is 0.147. The van der Waals surface area contributed by atoms with E-state index >= 15 is 0 Å². The molecular weight excluding hydrogens is 538 g/mol. The number of carboxylic acid groups (broad SMARTS) is 1. The summed E-state index contributed by atoms with van der Waals surface area (Å²) in [6.07, 6.45) is -1.56. The Hall–Kier alpha value is -5.11. The number of anilines is 1. The van der Waals surface area contributed by atoms with Gasteiger partial charge in [0, 0.05) is 28.4 Å². The summed E-state index contributed by atoms with van der Waals surface area (Å²) in [7, 11) is 0. The highest BCUT2D eigenvalue weighted by molar-refractivity contribution is 6.04. The predicted molar refractivity (Wildman–Crippen MR) is 159 cm³/mol. The van der Waals surface area contributed by atoms with Gasteiger partial charge >= 0.3 is 5.97 Å². The average Bonchev–Trinajstić information content (AvgIpc) is 2.94. The van der Waals surface area contributed by atoms with Crippen molar-refractivity contribution in [3.05, 3.63) is 118 Å². The number of aromatic carboxylic acids is 1. The largest absolute Gasteiger partial charge is 0.478 e. The second-order valence-corrected chi connectivity index (χ2v) is 10.2. The molecule has 0 spiro atoms. The van der Waals surface area contributed by atoms with Crippen molar-refractivity contribution in [2.45, 2.75) is 34.1 Å². The Morgan fingerprint density at radius 3 is 2.26 bits per heavy atom. The maximum atomic E-state index is 14.8. The van der Waals surface area contributed by atoms with Crippen LogP contribution in [-0.2, 0) is 0 Å². The number of carboxylic acids is 1. The van der Waals surface area contributed by atoms with Gasteiger partial charge in [-0.1, -0.05) is 35.9 Å². The van der Waals surface area contributed by atoms with Crippen LogP contribution in [0.25, 0.3) is 22.0 Å². The van der Waals surface area contributed by atoms with E-state index in [0.29, 0.717) is 38.8 Å². The minimum atomic E-state index is -3.10. The molecule has 0 aliphatic carbocycles. The van der Waals surface area contributed by atoms with E-state index in [0.717, 1.165) is 11.1 Å². The first-order chi connectivity index (χ1) is 20.0. The minimum absolute atomic E-state index is 0.138. The zero-order valence-corrected chi connectivity index (χ0v) is 23.5. The molecule has 0 saturated heterocycles. The maximum absolute atomic E-state index is 14.8. The highest BCUT2D eigenvalue weighted by atomic mass is 19.3. The SMILES string of the molecule is Cc1ccc(C(=O)Nc2ccc(Oc3cc(C)c(-c4ccnc5c(C)cccc45)c(C(F)F)c3C(=O)O)c(C)c2)cc1. The molecule has 0 radical (unpaired) electrons. The van der Waals surface area contributed by atoms with E-state index < -0.39 is 23.5 Å². The molecule has 0 bridgehead atoms. The molecule has 6 nitrogen and oxygen atoms in total. The topological polar surface area (TPSA) is 88.5 Å². The number of nitrogens with zero attached hydrogens (tertiary/aromatic N) is 1. The van der Waals surface area contributed by atoms with E-state index in [2.05, 4.69) is 10.3 Å². The van der Waals surface area contributed by atoms with Crippen LogP contribution < -0.4 is 10.1 Å². The number of fused-ring (bicyclic) bond motifs is 1. The Morgan fingerprint density at radius 1 is 0.857 bits per heavy atom. The molecule has 0 saturated carbocycles. The number of carbonyl (C=O) groups is 2. The summed E-state index contributed by atoms with van der Waals surface area (Å²) < 4.78 is 35.5. The molecule has 1 amide bonds. The molecule has 42 heavy (non-hydrogen) atoms. The standard InChI is InChI=1S/C34H28F2N2O4/c1-18-8-10-22(11-9-18)33(39)38-23-12-13-26(20(3)16-23)42-27-17-21(4)28(30(32(35)36)29(27)34(40)41)24-14-15-37-31-19(2)6-5-7-25(24)31/h5-17,32H,1-4H3,(H,38,39)(H,40,41). The molecule has 8 heteroatoms. The number of rotatable bonds is 7. The zero-order valence-electron chi connectivity index (χ0n) is 23.5. The fourth-order valence-electron chi connectivity index (χ4n) is 5.10. The van der Waals surface area contributed by atoms with Crippen molar-refractivity contribution >= 4 is 28.5 Å².